The van der Waals surface area contributed by atoms with Gasteiger partial charge in [0.1, 0.15) is 0 Å². The second-order valence-electron chi connectivity index (χ2n) is 8.09. The Balaban J connectivity index is 1.25. The summed E-state index contributed by atoms with van der Waals surface area (Å²) in [5.41, 5.74) is 1.33. The first-order chi connectivity index (χ1) is 12.7. The molecule has 3 aliphatic heterocycles. The quantitative estimate of drug-likeness (QED) is 0.869. The van der Waals surface area contributed by atoms with Crippen molar-refractivity contribution in [3.8, 4) is 0 Å². The third kappa shape index (κ3) is 4.08. The molecule has 0 bridgehead atoms. The van der Waals surface area contributed by atoms with Crippen molar-refractivity contribution in [3.63, 3.8) is 0 Å². The molecule has 0 unspecified atom stereocenters. The topological polar surface area (TPSA) is 59.9 Å². The molecule has 1 N–H and O–H groups in total. The van der Waals surface area contributed by atoms with Gasteiger partial charge in [0.25, 0.3) is 0 Å². The van der Waals surface area contributed by atoms with Crippen molar-refractivity contribution in [3.05, 3.63) is 30.1 Å². The summed E-state index contributed by atoms with van der Waals surface area (Å²) in [6.45, 7) is 6.35. The Kier molecular flexibility index (Phi) is 5.52. The molecule has 1 atom stereocenters. The van der Waals surface area contributed by atoms with Crippen LogP contribution in [-0.2, 0) is 11.3 Å². The molecule has 3 saturated heterocycles. The molecule has 26 heavy (non-hydrogen) atoms. The van der Waals surface area contributed by atoms with Crippen LogP contribution in [0.2, 0.25) is 0 Å². The molecular formula is C20H30N4O2. The van der Waals surface area contributed by atoms with Crippen molar-refractivity contribution in [1.82, 2.24) is 19.7 Å². The molecule has 4 heterocycles. The van der Waals surface area contributed by atoms with Gasteiger partial charge in [0.15, 0.2) is 0 Å². The number of aliphatic hydroxyl groups is 1. The minimum atomic E-state index is -0.302. The molecule has 0 aromatic carbocycles. The molecule has 4 rings (SSSR count). The summed E-state index contributed by atoms with van der Waals surface area (Å²) >= 11 is 0. The number of pyridine rings is 1. The summed E-state index contributed by atoms with van der Waals surface area (Å²) in [5, 5.41) is 9.44. The number of β-amino-alcohol motifs (C(OH)–C–C–N with tert-alkyl or cyclic N) is 1. The number of piperidine rings is 2. The number of likely N-dealkylation sites (tertiary alicyclic amines) is 3. The molecule has 6 heteroatoms. The van der Waals surface area contributed by atoms with Crippen LogP contribution in [0.25, 0.3) is 0 Å². The van der Waals surface area contributed by atoms with Gasteiger partial charge in [-0.2, -0.15) is 0 Å². The van der Waals surface area contributed by atoms with Crippen LogP contribution in [0.1, 0.15) is 31.2 Å². The molecule has 1 aromatic heterocycles. The standard InChI is InChI=1S/C20H30N4O2/c25-19-14-24(15-19)20(26)17-2-1-9-23(13-17)18-5-10-22(11-6-18)12-16-3-7-21-8-4-16/h3-4,7-8,17-19,25H,1-2,5-6,9-15H2/t17-/m0/s1. The van der Waals surface area contributed by atoms with E-state index in [0.717, 1.165) is 45.6 Å². The maximum absolute atomic E-state index is 12.6. The van der Waals surface area contributed by atoms with Crippen molar-refractivity contribution >= 4 is 5.91 Å². The Morgan fingerprint density at radius 3 is 2.50 bits per heavy atom. The van der Waals surface area contributed by atoms with Crippen molar-refractivity contribution < 1.29 is 9.90 Å². The molecule has 1 amide bonds. The van der Waals surface area contributed by atoms with Crippen LogP contribution in [-0.4, -0.2) is 82.1 Å². The average molecular weight is 358 g/mol. The third-order valence-corrected chi connectivity index (χ3v) is 6.21. The van der Waals surface area contributed by atoms with E-state index in [0.29, 0.717) is 19.1 Å². The molecular weight excluding hydrogens is 328 g/mol. The van der Waals surface area contributed by atoms with E-state index < -0.39 is 0 Å². The van der Waals surface area contributed by atoms with Crippen molar-refractivity contribution in [1.29, 1.82) is 0 Å². The van der Waals surface area contributed by atoms with E-state index in [1.54, 1.807) is 0 Å². The second-order valence-corrected chi connectivity index (χ2v) is 8.09. The Morgan fingerprint density at radius 2 is 1.81 bits per heavy atom. The van der Waals surface area contributed by atoms with Crippen LogP contribution >= 0.6 is 0 Å². The van der Waals surface area contributed by atoms with Gasteiger partial charge in [-0.05, 0) is 63.0 Å². The zero-order valence-corrected chi connectivity index (χ0v) is 15.5. The van der Waals surface area contributed by atoms with Crippen LogP contribution in [0, 0.1) is 5.92 Å². The number of rotatable bonds is 4. The fourth-order valence-corrected chi connectivity index (χ4v) is 4.62. The van der Waals surface area contributed by atoms with Crippen LogP contribution in [0.15, 0.2) is 24.5 Å². The molecule has 142 valence electrons. The monoisotopic (exact) mass is 358 g/mol. The molecule has 6 nitrogen and oxygen atoms in total. The highest BCUT2D eigenvalue weighted by Crippen LogP contribution is 2.26. The van der Waals surface area contributed by atoms with Crippen molar-refractivity contribution in [2.24, 2.45) is 5.92 Å². The first-order valence-electron chi connectivity index (χ1n) is 10.0. The van der Waals surface area contributed by atoms with E-state index in [1.165, 1.54) is 18.4 Å². The number of aliphatic hydroxyl groups excluding tert-OH is 1. The zero-order chi connectivity index (χ0) is 17.9. The van der Waals surface area contributed by atoms with Gasteiger partial charge in [-0.3, -0.25) is 19.6 Å². The van der Waals surface area contributed by atoms with E-state index in [4.69, 9.17) is 0 Å². The maximum Gasteiger partial charge on any atom is 0.227 e. The third-order valence-electron chi connectivity index (χ3n) is 6.21. The fourth-order valence-electron chi connectivity index (χ4n) is 4.62. The number of aromatic nitrogens is 1. The van der Waals surface area contributed by atoms with E-state index in [9.17, 15) is 9.90 Å². The normalized spacial score (nSPS) is 26.7. The van der Waals surface area contributed by atoms with Gasteiger partial charge in [0.2, 0.25) is 5.91 Å². The smallest absolute Gasteiger partial charge is 0.227 e. The van der Waals surface area contributed by atoms with E-state index in [1.807, 2.05) is 17.3 Å². The van der Waals surface area contributed by atoms with Crippen LogP contribution in [0.3, 0.4) is 0 Å². The summed E-state index contributed by atoms with van der Waals surface area (Å²) in [6.07, 6.45) is 7.92. The lowest BCUT2D eigenvalue weighted by atomic mass is 9.92. The molecule has 0 aliphatic carbocycles. The maximum atomic E-state index is 12.6. The van der Waals surface area contributed by atoms with Crippen LogP contribution in [0.5, 0.6) is 0 Å². The zero-order valence-electron chi connectivity index (χ0n) is 15.5. The molecule has 0 spiro atoms. The number of hydrogen-bond acceptors (Lipinski definition) is 5. The first kappa shape index (κ1) is 17.9. The van der Waals surface area contributed by atoms with E-state index in [2.05, 4.69) is 26.9 Å². The van der Waals surface area contributed by atoms with Gasteiger partial charge in [-0.1, -0.05) is 0 Å². The average Bonchev–Trinajstić information content (AvgIpc) is 2.66. The predicted molar refractivity (Wildman–Crippen MR) is 99.4 cm³/mol. The lowest BCUT2D eigenvalue weighted by Gasteiger charge is -2.44. The highest BCUT2D eigenvalue weighted by atomic mass is 16.3. The van der Waals surface area contributed by atoms with Crippen LogP contribution in [0.4, 0.5) is 0 Å². The number of hydrogen-bond donors (Lipinski definition) is 1. The Bertz CT molecular complexity index is 597. The highest BCUT2D eigenvalue weighted by Gasteiger charge is 2.37. The van der Waals surface area contributed by atoms with Gasteiger partial charge < -0.3 is 10.0 Å². The lowest BCUT2D eigenvalue weighted by molar-refractivity contribution is -0.148. The number of nitrogens with zero attached hydrogens (tertiary/aromatic N) is 4. The largest absolute Gasteiger partial charge is 0.389 e. The molecule has 0 saturated carbocycles. The summed E-state index contributed by atoms with van der Waals surface area (Å²) in [5.74, 6) is 0.390. The van der Waals surface area contributed by atoms with Gasteiger partial charge in [-0.25, -0.2) is 0 Å². The minimum absolute atomic E-state index is 0.131. The summed E-state index contributed by atoms with van der Waals surface area (Å²) < 4.78 is 0. The van der Waals surface area contributed by atoms with Gasteiger partial charge >= 0.3 is 0 Å². The lowest BCUT2D eigenvalue weighted by Crippen LogP contribution is -2.58. The Hall–Kier alpha value is -1.50. The van der Waals surface area contributed by atoms with Crippen molar-refractivity contribution in [2.45, 2.75) is 44.4 Å². The fraction of sp³-hybridized carbons (Fsp3) is 0.700. The molecule has 1 aromatic rings. The number of carbonyl (C=O) groups excluding carboxylic acids is 1. The van der Waals surface area contributed by atoms with Gasteiger partial charge in [0, 0.05) is 44.6 Å². The highest BCUT2D eigenvalue weighted by molar-refractivity contribution is 5.80. The van der Waals surface area contributed by atoms with Gasteiger partial charge in [-0.15, -0.1) is 0 Å². The summed E-state index contributed by atoms with van der Waals surface area (Å²) in [7, 11) is 0. The molecule has 3 fully saturated rings. The first-order valence-corrected chi connectivity index (χ1v) is 10.0. The van der Waals surface area contributed by atoms with E-state index in [-0.39, 0.29) is 17.9 Å². The molecule has 3 aliphatic rings. The Morgan fingerprint density at radius 1 is 1.08 bits per heavy atom. The second kappa shape index (κ2) is 8.03. The Labute approximate surface area is 155 Å². The minimum Gasteiger partial charge on any atom is -0.389 e. The number of carbonyl (C=O) groups is 1. The van der Waals surface area contributed by atoms with Gasteiger partial charge in [0.05, 0.1) is 12.0 Å². The summed E-state index contributed by atoms with van der Waals surface area (Å²) in [4.78, 5) is 23.6. The summed E-state index contributed by atoms with van der Waals surface area (Å²) in [6, 6.07) is 4.81. The van der Waals surface area contributed by atoms with E-state index >= 15 is 0 Å². The van der Waals surface area contributed by atoms with Crippen LogP contribution < -0.4 is 0 Å². The van der Waals surface area contributed by atoms with Crippen molar-refractivity contribution in [2.75, 3.05) is 39.3 Å². The number of amides is 1. The predicted octanol–water partition coefficient (Wildman–Crippen LogP) is 0.961. The molecule has 0 radical (unpaired) electrons. The SMILES string of the molecule is O=C([C@H]1CCCN(C2CCN(Cc3ccncc3)CC2)C1)N1CC(O)C1.